The van der Waals surface area contributed by atoms with E-state index in [0.717, 1.165) is 5.56 Å². The molecular weight excluding hydrogens is 430 g/mol. The SMILES string of the molecule is COCO[C@@H](C)[C@H]1N(Cc2ccccc2)[C@@]1(CO[Si](C)(C)C(C)(C)C)C(=O)c1ccccc1. The molecule has 0 aromatic heterocycles. The van der Waals surface area contributed by atoms with Gasteiger partial charge in [-0.25, -0.2) is 0 Å². The van der Waals surface area contributed by atoms with Gasteiger partial charge in [-0.15, -0.1) is 0 Å². The quantitative estimate of drug-likeness (QED) is 0.188. The third kappa shape index (κ3) is 5.47. The molecule has 0 saturated carbocycles. The topological polar surface area (TPSA) is 47.8 Å². The Morgan fingerprint density at radius 1 is 1.06 bits per heavy atom. The molecule has 1 unspecified atom stereocenters. The van der Waals surface area contributed by atoms with Crippen molar-refractivity contribution in [2.45, 2.75) is 70.1 Å². The number of hydrogen-bond acceptors (Lipinski definition) is 5. The first-order chi connectivity index (χ1) is 15.5. The highest BCUT2D eigenvalue weighted by Crippen LogP contribution is 2.49. The summed E-state index contributed by atoms with van der Waals surface area (Å²) in [5, 5.41) is 0.0524. The molecule has 1 fully saturated rings. The normalized spacial score (nSPS) is 23.8. The standard InChI is InChI=1S/C27H39NO4Si/c1-21(31-20-30-5)24-27(19-32-33(6,7)26(2,3)4,25(29)23-16-12-9-13-17-23)28(24)18-22-14-10-8-11-15-22/h8-17,21,24H,18-20H2,1-7H3/t21-,24+,27+,28?/m0/s1. The Hall–Kier alpha value is -1.83. The van der Waals surface area contributed by atoms with Crippen molar-refractivity contribution in [3.8, 4) is 0 Å². The smallest absolute Gasteiger partial charge is 0.192 e. The van der Waals surface area contributed by atoms with Crippen molar-refractivity contribution in [2.75, 3.05) is 20.5 Å². The van der Waals surface area contributed by atoms with Crippen LogP contribution in [0.2, 0.25) is 18.1 Å². The maximum absolute atomic E-state index is 14.1. The summed E-state index contributed by atoms with van der Waals surface area (Å²) in [6.07, 6.45) is -0.190. The molecule has 0 radical (unpaired) electrons. The van der Waals surface area contributed by atoms with Crippen LogP contribution in [0.1, 0.15) is 43.6 Å². The number of ether oxygens (including phenoxy) is 2. The van der Waals surface area contributed by atoms with E-state index < -0.39 is 13.9 Å². The summed E-state index contributed by atoms with van der Waals surface area (Å²) in [6, 6.07) is 19.7. The lowest BCUT2D eigenvalue weighted by atomic mass is 9.92. The monoisotopic (exact) mass is 469 g/mol. The van der Waals surface area contributed by atoms with Crippen LogP contribution in [0.5, 0.6) is 0 Å². The van der Waals surface area contributed by atoms with Crippen LogP contribution in [0.15, 0.2) is 60.7 Å². The van der Waals surface area contributed by atoms with Gasteiger partial charge in [0.05, 0.1) is 18.8 Å². The molecule has 180 valence electrons. The van der Waals surface area contributed by atoms with Gasteiger partial charge in [-0.05, 0) is 30.6 Å². The number of carbonyl (C=O) groups is 1. The number of Topliss-reactive ketones (excluding diaryl/α,β-unsaturated/α-hetero) is 1. The lowest BCUT2D eigenvalue weighted by Gasteiger charge is -2.37. The van der Waals surface area contributed by atoms with Crippen LogP contribution >= 0.6 is 0 Å². The second-order valence-corrected chi connectivity index (χ2v) is 15.3. The third-order valence-corrected chi connectivity index (χ3v) is 11.7. The molecular formula is C27H39NO4Si. The number of benzene rings is 2. The number of carbonyl (C=O) groups excluding carboxylic acids is 1. The lowest BCUT2D eigenvalue weighted by Crippen LogP contribution is -2.47. The molecule has 4 atom stereocenters. The molecule has 0 aliphatic carbocycles. The third-order valence-electron chi connectivity index (χ3n) is 7.25. The Bertz CT molecular complexity index is 913. The molecule has 1 saturated heterocycles. The molecule has 1 heterocycles. The second kappa shape index (κ2) is 10.2. The van der Waals surface area contributed by atoms with E-state index in [1.165, 1.54) is 0 Å². The van der Waals surface area contributed by atoms with Gasteiger partial charge in [0.2, 0.25) is 0 Å². The molecule has 6 heteroatoms. The minimum Gasteiger partial charge on any atom is -0.414 e. The Balaban J connectivity index is 2.00. The highest BCUT2D eigenvalue weighted by molar-refractivity contribution is 6.74. The summed E-state index contributed by atoms with van der Waals surface area (Å²) in [6.45, 7) is 14.4. The fourth-order valence-corrected chi connectivity index (χ4v) is 5.20. The molecule has 33 heavy (non-hydrogen) atoms. The maximum atomic E-state index is 14.1. The number of nitrogens with zero attached hydrogens (tertiary/aromatic N) is 1. The molecule has 2 aromatic carbocycles. The van der Waals surface area contributed by atoms with E-state index in [1.807, 2.05) is 55.5 Å². The van der Waals surface area contributed by atoms with E-state index in [0.29, 0.717) is 18.7 Å². The van der Waals surface area contributed by atoms with Crippen molar-refractivity contribution in [1.82, 2.24) is 4.90 Å². The number of methoxy groups -OCH3 is 1. The summed E-state index contributed by atoms with van der Waals surface area (Å²) in [4.78, 5) is 16.3. The van der Waals surface area contributed by atoms with Crippen LogP contribution in [0.25, 0.3) is 0 Å². The Kier molecular flexibility index (Phi) is 7.97. The van der Waals surface area contributed by atoms with Gasteiger partial charge in [0.1, 0.15) is 12.3 Å². The number of ketones is 1. The Labute approximate surface area is 200 Å². The molecule has 1 aliphatic rings. The van der Waals surface area contributed by atoms with E-state index in [9.17, 15) is 4.79 Å². The average molecular weight is 470 g/mol. The molecule has 0 spiro atoms. The minimum absolute atomic E-state index is 0.0524. The van der Waals surface area contributed by atoms with Crippen LogP contribution in [-0.2, 0) is 20.4 Å². The zero-order valence-corrected chi connectivity index (χ0v) is 22.1. The van der Waals surface area contributed by atoms with Gasteiger partial charge in [0.15, 0.2) is 14.1 Å². The van der Waals surface area contributed by atoms with Crippen molar-refractivity contribution >= 4 is 14.1 Å². The van der Waals surface area contributed by atoms with E-state index in [1.54, 1.807) is 7.11 Å². The highest BCUT2D eigenvalue weighted by atomic mass is 28.4. The maximum Gasteiger partial charge on any atom is 0.192 e. The molecule has 3 rings (SSSR count). The fourth-order valence-electron chi connectivity index (χ4n) is 4.19. The fraction of sp³-hybridized carbons (Fsp3) is 0.519. The van der Waals surface area contributed by atoms with Crippen molar-refractivity contribution < 1.29 is 18.7 Å². The highest BCUT2D eigenvalue weighted by Gasteiger charge is 2.70. The molecule has 0 N–H and O–H groups in total. The molecule has 2 aromatic rings. The first kappa shape index (κ1) is 25.8. The van der Waals surface area contributed by atoms with Gasteiger partial charge in [-0.2, -0.15) is 0 Å². The summed E-state index contributed by atoms with van der Waals surface area (Å²) in [5.41, 5.74) is 1.09. The molecule has 0 amide bonds. The average Bonchev–Trinajstić information content (AvgIpc) is 3.43. The van der Waals surface area contributed by atoms with Crippen LogP contribution in [0.4, 0.5) is 0 Å². The molecule has 0 bridgehead atoms. The van der Waals surface area contributed by atoms with E-state index in [2.05, 4.69) is 50.9 Å². The first-order valence-corrected chi connectivity index (χ1v) is 14.6. The van der Waals surface area contributed by atoms with Crippen LogP contribution in [0.3, 0.4) is 0 Å². The van der Waals surface area contributed by atoms with Gasteiger partial charge in [-0.3, -0.25) is 9.69 Å². The molecule has 1 aliphatic heterocycles. The van der Waals surface area contributed by atoms with Crippen LogP contribution in [-0.4, -0.2) is 57.2 Å². The van der Waals surface area contributed by atoms with Gasteiger partial charge < -0.3 is 13.9 Å². The van der Waals surface area contributed by atoms with Crippen molar-refractivity contribution in [1.29, 1.82) is 0 Å². The largest absolute Gasteiger partial charge is 0.414 e. The lowest BCUT2D eigenvalue weighted by molar-refractivity contribution is -0.0694. The summed E-state index contributed by atoms with van der Waals surface area (Å²) in [7, 11) is -0.462. The van der Waals surface area contributed by atoms with Gasteiger partial charge in [-0.1, -0.05) is 81.4 Å². The molecule has 5 nitrogen and oxygen atoms in total. The first-order valence-electron chi connectivity index (χ1n) is 11.7. The van der Waals surface area contributed by atoms with Gasteiger partial charge >= 0.3 is 0 Å². The Morgan fingerprint density at radius 3 is 2.18 bits per heavy atom. The van der Waals surface area contributed by atoms with Gasteiger partial charge in [0.25, 0.3) is 0 Å². The number of hydrogen-bond donors (Lipinski definition) is 0. The summed E-state index contributed by atoms with van der Waals surface area (Å²) >= 11 is 0. The van der Waals surface area contributed by atoms with Crippen molar-refractivity contribution in [3.05, 3.63) is 71.8 Å². The van der Waals surface area contributed by atoms with E-state index in [-0.39, 0.29) is 29.8 Å². The minimum atomic E-state index is -2.08. The Morgan fingerprint density at radius 2 is 1.64 bits per heavy atom. The predicted octanol–water partition coefficient (Wildman–Crippen LogP) is 5.52. The number of rotatable bonds is 11. The van der Waals surface area contributed by atoms with Crippen LogP contribution in [0, 0.1) is 0 Å². The summed E-state index contributed by atoms with van der Waals surface area (Å²) < 4.78 is 17.8. The second-order valence-electron chi connectivity index (χ2n) is 10.5. The zero-order valence-electron chi connectivity index (χ0n) is 21.1. The summed E-state index contributed by atoms with van der Waals surface area (Å²) in [5.74, 6) is 0.0932. The predicted molar refractivity (Wildman–Crippen MR) is 135 cm³/mol. The van der Waals surface area contributed by atoms with Crippen LogP contribution < -0.4 is 0 Å². The van der Waals surface area contributed by atoms with Gasteiger partial charge in [0, 0.05) is 19.2 Å². The zero-order chi connectivity index (χ0) is 24.3. The van der Waals surface area contributed by atoms with E-state index >= 15 is 0 Å². The van der Waals surface area contributed by atoms with Crippen molar-refractivity contribution in [2.24, 2.45) is 0 Å². The van der Waals surface area contributed by atoms with E-state index in [4.69, 9.17) is 13.9 Å². The van der Waals surface area contributed by atoms with Crippen molar-refractivity contribution in [3.63, 3.8) is 0 Å².